The normalized spacial score (nSPS) is 16.5. The van der Waals surface area contributed by atoms with Crippen LogP contribution in [-0.2, 0) is 27.3 Å². The highest BCUT2D eigenvalue weighted by Crippen LogP contribution is 2.26. The average molecular weight is 585 g/mol. The summed E-state index contributed by atoms with van der Waals surface area (Å²) in [4.78, 5) is 39.8. The lowest BCUT2D eigenvalue weighted by atomic mass is 9.93. The average Bonchev–Trinajstić information content (AvgIpc) is 2.88. The van der Waals surface area contributed by atoms with Crippen LogP contribution in [-0.4, -0.2) is 57.2 Å². The number of carboxylic acid groups (broad SMARTS) is 1. The first-order chi connectivity index (χ1) is 19.3. The summed E-state index contributed by atoms with van der Waals surface area (Å²) < 4.78 is 5.57. The number of nitrogens with zero attached hydrogens (tertiary/aromatic N) is 1. The summed E-state index contributed by atoms with van der Waals surface area (Å²) in [5.74, 6) is -0.698. The second kappa shape index (κ2) is 16.4. The summed E-state index contributed by atoms with van der Waals surface area (Å²) in [6.07, 6.45) is 10.5. The molecule has 0 aromatic heterocycles. The molecule has 1 unspecified atom stereocenters. The molecule has 0 saturated heterocycles. The molecule has 1 aliphatic heterocycles. The molecule has 0 aliphatic carbocycles. The second-order valence-electron chi connectivity index (χ2n) is 12.0. The van der Waals surface area contributed by atoms with E-state index >= 15 is 0 Å². The predicted octanol–water partition coefficient (Wildman–Crippen LogP) is 7.07. The maximum atomic E-state index is 13.4. The van der Waals surface area contributed by atoms with Gasteiger partial charge in [0, 0.05) is 17.9 Å². The summed E-state index contributed by atoms with van der Waals surface area (Å²) in [6, 6.07) is 5.73. The number of rotatable bonds is 13. The van der Waals surface area contributed by atoms with Gasteiger partial charge in [0.2, 0.25) is 5.91 Å². The van der Waals surface area contributed by atoms with E-state index in [1.54, 1.807) is 20.8 Å². The number of hydrogen-bond acceptors (Lipinski definition) is 5. The molecule has 1 heterocycles. The fourth-order valence-corrected chi connectivity index (χ4v) is 5.44. The molecule has 0 bridgehead atoms. The van der Waals surface area contributed by atoms with Gasteiger partial charge < -0.3 is 15.2 Å². The third-order valence-corrected chi connectivity index (χ3v) is 7.72. The van der Waals surface area contributed by atoms with E-state index in [0.717, 1.165) is 36.8 Å². The van der Waals surface area contributed by atoms with Crippen LogP contribution in [0.1, 0.15) is 85.3 Å². The van der Waals surface area contributed by atoms with Crippen molar-refractivity contribution < 1.29 is 24.2 Å². The molecule has 2 atom stereocenters. The standard InChI is InChI=1S/C33H48N2O5S/c1-23(2)12-10-13-24(3)14-11-15-25(4)18-19-41-22-28(31(37)38)34-30(36)29-20-26-16-8-9-17-27(26)21-35(29)32(39)40-33(5,6)7/h8-9,12,14,16-18,28-29H,10-11,13,15,19-22H2,1-7H3,(H,34,36)(H,37,38)/b24-14+,25-18+/t28-,29?/m0/s1. The number of benzene rings is 1. The quantitative estimate of drug-likeness (QED) is 0.190. The number of carboxylic acids is 1. The van der Waals surface area contributed by atoms with Gasteiger partial charge in [0.15, 0.2) is 0 Å². The molecule has 2 rings (SSSR count). The summed E-state index contributed by atoms with van der Waals surface area (Å²) in [5, 5.41) is 12.5. The smallest absolute Gasteiger partial charge is 0.411 e. The molecule has 2 amide bonds. The molecule has 41 heavy (non-hydrogen) atoms. The minimum Gasteiger partial charge on any atom is -0.480 e. The maximum absolute atomic E-state index is 13.4. The summed E-state index contributed by atoms with van der Waals surface area (Å²) in [5.41, 5.74) is 5.20. The van der Waals surface area contributed by atoms with Gasteiger partial charge in [-0.05, 0) is 85.3 Å². The predicted molar refractivity (Wildman–Crippen MR) is 168 cm³/mol. The Morgan fingerprint density at radius 3 is 2.24 bits per heavy atom. The van der Waals surface area contributed by atoms with E-state index in [4.69, 9.17) is 4.74 Å². The summed E-state index contributed by atoms with van der Waals surface area (Å²) in [6.45, 7) is 14.1. The van der Waals surface area contributed by atoms with Crippen LogP contribution in [0.2, 0.25) is 0 Å². The monoisotopic (exact) mass is 584 g/mol. The van der Waals surface area contributed by atoms with Gasteiger partial charge in [-0.1, -0.05) is 59.2 Å². The van der Waals surface area contributed by atoms with Gasteiger partial charge in [0.25, 0.3) is 0 Å². The first kappa shape index (κ1) is 34.2. The number of aliphatic carboxylic acids is 1. The van der Waals surface area contributed by atoms with E-state index in [1.807, 2.05) is 24.3 Å². The van der Waals surface area contributed by atoms with Crippen LogP contribution < -0.4 is 5.32 Å². The van der Waals surface area contributed by atoms with Crippen LogP contribution in [0.4, 0.5) is 4.79 Å². The highest BCUT2D eigenvalue weighted by Gasteiger charge is 2.38. The Morgan fingerprint density at radius 2 is 1.63 bits per heavy atom. The van der Waals surface area contributed by atoms with Crippen molar-refractivity contribution >= 4 is 29.7 Å². The molecule has 0 saturated carbocycles. The van der Waals surface area contributed by atoms with E-state index in [2.05, 4.69) is 51.2 Å². The minimum absolute atomic E-state index is 0.226. The van der Waals surface area contributed by atoms with Crippen molar-refractivity contribution in [1.82, 2.24) is 10.2 Å². The van der Waals surface area contributed by atoms with E-state index < -0.39 is 35.7 Å². The largest absolute Gasteiger partial charge is 0.480 e. The first-order valence-corrected chi connectivity index (χ1v) is 15.5. The van der Waals surface area contributed by atoms with Gasteiger partial charge >= 0.3 is 12.1 Å². The second-order valence-corrected chi connectivity index (χ2v) is 13.1. The van der Waals surface area contributed by atoms with Crippen LogP contribution in [0.15, 0.2) is 59.2 Å². The SMILES string of the molecule is CC(C)=CCC/C(C)=C/CC/C(C)=C/CSC[C@H](NC(=O)C1Cc2ccccc2CN1C(=O)OC(C)(C)C)C(=O)O. The van der Waals surface area contributed by atoms with Crippen LogP contribution in [0.5, 0.6) is 0 Å². The Hall–Kier alpha value is -3.00. The molecule has 1 aromatic carbocycles. The van der Waals surface area contributed by atoms with Gasteiger partial charge in [0.05, 0.1) is 6.54 Å². The third kappa shape index (κ3) is 12.6. The number of amides is 2. The molecule has 2 N–H and O–H groups in total. The molecule has 8 heteroatoms. The van der Waals surface area contributed by atoms with Gasteiger partial charge in [-0.25, -0.2) is 9.59 Å². The van der Waals surface area contributed by atoms with Crippen molar-refractivity contribution in [2.45, 2.75) is 105 Å². The lowest BCUT2D eigenvalue weighted by Crippen LogP contribution is -2.56. The molecule has 7 nitrogen and oxygen atoms in total. The third-order valence-electron chi connectivity index (χ3n) is 6.75. The van der Waals surface area contributed by atoms with Crippen molar-refractivity contribution in [2.24, 2.45) is 0 Å². The molecule has 0 radical (unpaired) electrons. The Balaban J connectivity index is 1.94. The molecule has 0 spiro atoms. The number of carbonyl (C=O) groups is 3. The van der Waals surface area contributed by atoms with E-state index in [0.29, 0.717) is 12.2 Å². The lowest BCUT2D eigenvalue weighted by molar-refractivity contribution is -0.142. The molecular formula is C33H48N2O5S. The van der Waals surface area contributed by atoms with Crippen molar-refractivity contribution in [1.29, 1.82) is 0 Å². The topological polar surface area (TPSA) is 95.9 Å². The zero-order valence-corrected chi connectivity index (χ0v) is 26.6. The number of hydrogen-bond donors (Lipinski definition) is 2. The van der Waals surface area contributed by atoms with Gasteiger partial charge in [-0.2, -0.15) is 11.8 Å². The highest BCUT2D eigenvalue weighted by molar-refractivity contribution is 7.99. The van der Waals surface area contributed by atoms with Gasteiger partial charge in [0.1, 0.15) is 17.7 Å². The number of carbonyl (C=O) groups excluding carboxylic acids is 2. The zero-order valence-electron chi connectivity index (χ0n) is 25.8. The van der Waals surface area contributed by atoms with Crippen LogP contribution in [0.25, 0.3) is 0 Å². The molecule has 0 fully saturated rings. The van der Waals surface area contributed by atoms with E-state index in [-0.39, 0.29) is 12.3 Å². The minimum atomic E-state index is -1.10. The molecular weight excluding hydrogens is 536 g/mol. The Bertz CT molecular complexity index is 1140. The summed E-state index contributed by atoms with van der Waals surface area (Å²) >= 11 is 1.46. The number of thioether (sulfide) groups is 1. The van der Waals surface area contributed by atoms with Crippen molar-refractivity contribution in [2.75, 3.05) is 11.5 Å². The number of ether oxygens (including phenoxy) is 1. The number of allylic oxidation sites excluding steroid dienone is 5. The highest BCUT2D eigenvalue weighted by atomic mass is 32.2. The number of fused-ring (bicyclic) bond motifs is 1. The van der Waals surface area contributed by atoms with Crippen molar-refractivity contribution in [3.63, 3.8) is 0 Å². The van der Waals surface area contributed by atoms with Crippen molar-refractivity contribution in [3.05, 3.63) is 70.3 Å². The molecule has 1 aliphatic rings. The fraction of sp³-hybridized carbons (Fsp3) is 0.545. The van der Waals surface area contributed by atoms with Crippen LogP contribution in [0.3, 0.4) is 0 Å². The first-order valence-electron chi connectivity index (χ1n) is 14.4. The zero-order chi connectivity index (χ0) is 30.6. The van der Waals surface area contributed by atoms with Crippen molar-refractivity contribution in [3.8, 4) is 0 Å². The Morgan fingerprint density at radius 1 is 1.02 bits per heavy atom. The molecule has 226 valence electrons. The van der Waals surface area contributed by atoms with Crippen LogP contribution in [0, 0.1) is 0 Å². The Kier molecular flexibility index (Phi) is 13.7. The fourth-order valence-electron chi connectivity index (χ4n) is 4.44. The van der Waals surface area contributed by atoms with Gasteiger partial charge in [-0.3, -0.25) is 9.69 Å². The summed E-state index contributed by atoms with van der Waals surface area (Å²) in [7, 11) is 0. The van der Waals surface area contributed by atoms with Gasteiger partial charge in [-0.15, -0.1) is 0 Å². The van der Waals surface area contributed by atoms with E-state index in [1.165, 1.54) is 33.4 Å². The maximum Gasteiger partial charge on any atom is 0.411 e. The lowest BCUT2D eigenvalue weighted by Gasteiger charge is -2.37. The van der Waals surface area contributed by atoms with Crippen LogP contribution >= 0.6 is 11.8 Å². The Labute approximate surface area is 250 Å². The van der Waals surface area contributed by atoms with E-state index in [9.17, 15) is 19.5 Å². The number of nitrogens with one attached hydrogen (secondary N) is 1. The molecule has 1 aromatic rings.